The number of carbonyl (C=O) groups is 1. The van der Waals surface area contributed by atoms with Gasteiger partial charge in [0.25, 0.3) is 5.91 Å². The summed E-state index contributed by atoms with van der Waals surface area (Å²) in [6.45, 7) is 3.11. The van der Waals surface area contributed by atoms with Crippen molar-refractivity contribution in [2.75, 3.05) is 17.1 Å². The molecule has 0 aromatic heterocycles. The lowest BCUT2D eigenvalue weighted by atomic mass is 10.1. The van der Waals surface area contributed by atoms with Gasteiger partial charge in [-0.15, -0.1) is 0 Å². The Labute approximate surface area is 177 Å². The van der Waals surface area contributed by atoms with Crippen LogP contribution >= 0.6 is 34.2 Å². The van der Waals surface area contributed by atoms with E-state index in [4.69, 9.17) is 11.6 Å². The first-order chi connectivity index (χ1) is 12.6. The molecule has 1 amide bonds. The third-order valence-electron chi connectivity index (χ3n) is 3.73. The number of benzene rings is 2. The third kappa shape index (κ3) is 6.18. The van der Waals surface area contributed by atoms with Crippen LogP contribution in [0.15, 0.2) is 47.6 Å². The summed E-state index contributed by atoms with van der Waals surface area (Å²) in [7, 11) is -3.66. The standard InChI is InChI=1S/C18H19ClIN3O3S/c1-12-10-15(19)6-9-17(12)23(27(3,25)26)11-18(24)22-21-13(2)14-4-7-16(20)8-5-14/h4-10H,11H2,1-3H3,(H,22,24)/b21-13-. The summed E-state index contributed by atoms with van der Waals surface area (Å²) in [5.41, 5.74) is 4.95. The Morgan fingerprint density at radius 1 is 1.22 bits per heavy atom. The molecule has 6 nitrogen and oxygen atoms in total. The van der Waals surface area contributed by atoms with E-state index < -0.39 is 15.9 Å². The Morgan fingerprint density at radius 3 is 2.41 bits per heavy atom. The van der Waals surface area contributed by atoms with Gasteiger partial charge in [-0.25, -0.2) is 13.8 Å². The average Bonchev–Trinajstić information content (AvgIpc) is 2.58. The lowest BCUT2D eigenvalue weighted by Crippen LogP contribution is -2.39. The van der Waals surface area contributed by atoms with Crippen molar-refractivity contribution in [1.82, 2.24) is 5.43 Å². The van der Waals surface area contributed by atoms with Gasteiger partial charge < -0.3 is 0 Å². The molecule has 27 heavy (non-hydrogen) atoms. The summed E-state index contributed by atoms with van der Waals surface area (Å²) < 4.78 is 26.5. The van der Waals surface area contributed by atoms with Crippen LogP contribution in [0.4, 0.5) is 5.69 Å². The molecule has 2 aromatic carbocycles. The van der Waals surface area contributed by atoms with E-state index >= 15 is 0 Å². The van der Waals surface area contributed by atoms with Crippen LogP contribution in [0.1, 0.15) is 18.1 Å². The number of hydrogen-bond acceptors (Lipinski definition) is 4. The zero-order valence-corrected chi connectivity index (χ0v) is 18.8. The van der Waals surface area contributed by atoms with E-state index in [1.54, 1.807) is 32.0 Å². The fourth-order valence-corrected chi connectivity index (χ4v) is 3.85. The molecule has 0 bridgehead atoms. The van der Waals surface area contributed by atoms with Crippen LogP contribution in [0, 0.1) is 10.5 Å². The van der Waals surface area contributed by atoms with Crippen molar-refractivity contribution in [2.45, 2.75) is 13.8 Å². The Bertz CT molecular complexity index is 976. The number of amides is 1. The van der Waals surface area contributed by atoms with Crippen molar-refractivity contribution in [1.29, 1.82) is 0 Å². The zero-order valence-electron chi connectivity index (χ0n) is 15.0. The van der Waals surface area contributed by atoms with Crippen LogP contribution in [0.5, 0.6) is 0 Å². The van der Waals surface area contributed by atoms with E-state index in [0.29, 0.717) is 22.0 Å². The van der Waals surface area contributed by atoms with Gasteiger partial charge in [-0.2, -0.15) is 5.10 Å². The van der Waals surface area contributed by atoms with Gasteiger partial charge in [0.05, 0.1) is 17.7 Å². The molecule has 0 aliphatic heterocycles. The van der Waals surface area contributed by atoms with Gasteiger partial charge >= 0.3 is 0 Å². The van der Waals surface area contributed by atoms with E-state index in [2.05, 4.69) is 33.1 Å². The summed E-state index contributed by atoms with van der Waals surface area (Å²) in [5.74, 6) is -0.542. The van der Waals surface area contributed by atoms with Crippen molar-refractivity contribution < 1.29 is 13.2 Å². The number of anilines is 1. The van der Waals surface area contributed by atoms with Gasteiger partial charge in [-0.05, 0) is 77.9 Å². The number of nitrogens with zero attached hydrogens (tertiary/aromatic N) is 2. The zero-order chi connectivity index (χ0) is 20.2. The van der Waals surface area contributed by atoms with Gasteiger partial charge in [-0.3, -0.25) is 9.10 Å². The number of carbonyl (C=O) groups excluding carboxylic acids is 1. The average molecular weight is 520 g/mol. The molecule has 0 aliphatic rings. The molecule has 9 heteroatoms. The van der Waals surface area contributed by atoms with Crippen LogP contribution < -0.4 is 9.73 Å². The molecule has 144 valence electrons. The first kappa shape index (κ1) is 21.6. The summed E-state index contributed by atoms with van der Waals surface area (Å²) in [6.07, 6.45) is 1.05. The van der Waals surface area contributed by atoms with Crippen molar-refractivity contribution in [3.63, 3.8) is 0 Å². The Balaban J connectivity index is 2.17. The van der Waals surface area contributed by atoms with E-state index in [1.165, 1.54) is 0 Å². The molecule has 1 N–H and O–H groups in total. The predicted octanol–water partition coefficient (Wildman–Crippen LogP) is 3.56. The monoisotopic (exact) mass is 519 g/mol. The number of rotatable bonds is 6. The van der Waals surface area contributed by atoms with E-state index in [1.807, 2.05) is 24.3 Å². The highest BCUT2D eigenvalue weighted by Crippen LogP contribution is 2.25. The van der Waals surface area contributed by atoms with E-state index in [9.17, 15) is 13.2 Å². The summed E-state index contributed by atoms with van der Waals surface area (Å²) in [4.78, 5) is 12.3. The molecule has 0 radical (unpaired) electrons. The number of hydrazone groups is 1. The second-order valence-electron chi connectivity index (χ2n) is 5.94. The van der Waals surface area contributed by atoms with Crippen molar-refractivity contribution in [3.8, 4) is 0 Å². The minimum Gasteiger partial charge on any atom is -0.271 e. The number of aryl methyl sites for hydroxylation is 1. The Kier molecular flexibility index (Phi) is 7.24. The highest BCUT2D eigenvalue weighted by Gasteiger charge is 2.22. The van der Waals surface area contributed by atoms with Gasteiger partial charge in [0.2, 0.25) is 10.0 Å². The maximum Gasteiger partial charge on any atom is 0.260 e. The maximum atomic E-state index is 12.3. The van der Waals surface area contributed by atoms with Crippen LogP contribution in [-0.2, 0) is 14.8 Å². The highest BCUT2D eigenvalue weighted by molar-refractivity contribution is 14.1. The first-order valence-electron chi connectivity index (χ1n) is 7.91. The van der Waals surface area contributed by atoms with Crippen molar-refractivity contribution >= 4 is 61.5 Å². The maximum absolute atomic E-state index is 12.3. The first-order valence-corrected chi connectivity index (χ1v) is 11.2. The van der Waals surface area contributed by atoms with Crippen LogP contribution in [0.2, 0.25) is 5.02 Å². The second kappa shape index (κ2) is 9.03. The quantitative estimate of drug-likeness (QED) is 0.360. The summed E-state index contributed by atoms with van der Waals surface area (Å²) in [6, 6.07) is 12.5. The molecule has 0 spiro atoms. The van der Waals surface area contributed by atoms with E-state index in [-0.39, 0.29) is 6.54 Å². The third-order valence-corrected chi connectivity index (χ3v) is 5.81. The highest BCUT2D eigenvalue weighted by atomic mass is 127. The van der Waals surface area contributed by atoms with Gasteiger partial charge in [-0.1, -0.05) is 23.7 Å². The molecule has 0 aliphatic carbocycles. The van der Waals surface area contributed by atoms with Crippen LogP contribution in [-0.4, -0.2) is 32.8 Å². The smallest absolute Gasteiger partial charge is 0.260 e. The summed E-state index contributed by atoms with van der Waals surface area (Å²) in [5, 5.41) is 4.55. The van der Waals surface area contributed by atoms with Gasteiger partial charge in [0, 0.05) is 8.59 Å². The predicted molar refractivity (Wildman–Crippen MR) is 118 cm³/mol. The lowest BCUT2D eigenvalue weighted by Gasteiger charge is -2.23. The second-order valence-corrected chi connectivity index (χ2v) is 9.53. The molecule has 0 saturated heterocycles. The molecule has 0 fully saturated rings. The molecule has 2 rings (SSSR count). The topological polar surface area (TPSA) is 78.8 Å². The van der Waals surface area contributed by atoms with Gasteiger partial charge in [0.15, 0.2) is 0 Å². The van der Waals surface area contributed by atoms with Gasteiger partial charge in [0.1, 0.15) is 6.54 Å². The normalized spacial score (nSPS) is 12.0. The molecule has 2 aromatic rings. The molecule has 0 atom stereocenters. The molecule has 0 unspecified atom stereocenters. The largest absolute Gasteiger partial charge is 0.271 e. The van der Waals surface area contributed by atoms with Crippen LogP contribution in [0.25, 0.3) is 0 Å². The SMILES string of the molecule is C/C(=N/NC(=O)CN(c1ccc(Cl)cc1C)S(C)(=O)=O)c1ccc(I)cc1. The molecular weight excluding hydrogens is 501 g/mol. The molecule has 0 saturated carbocycles. The number of sulfonamides is 1. The Morgan fingerprint density at radius 2 is 1.85 bits per heavy atom. The fraction of sp³-hybridized carbons (Fsp3) is 0.222. The fourth-order valence-electron chi connectivity index (χ4n) is 2.35. The number of halogens is 2. The lowest BCUT2D eigenvalue weighted by molar-refractivity contribution is -0.119. The molecular formula is C18H19ClIN3O3S. The summed E-state index contributed by atoms with van der Waals surface area (Å²) >= 11 is 8.13. The van der Waals surface area contributed by atoms with E-state index in [0.717, 1.165) is 19.7 Å². The van der Waals surface area contributed by atoms with Crippen molar-refractivity contribution in [3.05, 3.63) is 62.2 Å². The minimum atomic E-state index is -3.66. The minimum absolute atomic E-state index is 0.384. The number of nitrogens with one attached hydrogen (secondary N) is 1. The van der Waals surface area contributed by atoms with Crippen molar-refractivity contribution in [2.24, 2.45) is 5.10 Å². The van der Waals surface area contributed by atoms with Crippen LogP contribution in [0.3, 0.4) is 0 Å². The molecule has 0 heterocycles. The number of hydrogen-bond donors (Lipinski definition) is 1. The Hall–Kier alpha value is -1.65.